The highest BCUT2D eigenvalue weighted by atomic mass is 79.9. The van der Waals surface area contributed by atoms with Crippen molar-refractivity contribution in [1.29, 1.82) is 0 Å². The Balaban J connectivity index is 1.80. The largest absolute Gasteiger partial charge is 0.450 e. The van der Waals surface area contributed by atoms with Crippen molar-refractivity contribution in [2.75, 3.05) is 19.7 Å². The Morgan fingerprint density at radius 2 is 2.00 bits per heavy atom. The fourth-order valence-electron chi connectivity index (χ4n) is 4.31. The first-order valence-corrected chi connectivity index (χ1v) is 10.2. The number of ether oxygens (including phenoxy) is 1. The fourth-order valence-corrected chi connectivity index (χ4v) is 5.18. The lowest BCUT2D eigenvalue weighted by atomic mass is 9.85. The molecule has 148 valence electrons. The lowest BCUT2D eigenvalue weighted by Crippen LogP contribution is -2.38. The van der Waals surface area contributed by atoms with Crippen molar-refractivity contribution in [3.05, 3.63) is 64.5 Å². The molecule has 2 heterocycles. The number of carbonyl (C=O) groups is 1. The quantitative estimate of drug-likeness (QED) is 0.633. The second kappa shape index (κ2) is 7.10. The number of hydrogen-bond donors (Lipinski definition) is 0. The van der Waals surface area contributed by atoms with Crippen LogP contribution < -0.4 is 0 Å². The highest BCUT2D eigenvalue weighted by molar-refractivity contribution is 9.09. The van der Waals surface area contributed by atoms with Gasteiger partial charge in [-0.15, -0.1) is 0 Å². The van der Waals surface area contributed by atoms with Gasteiger partial charge in [0.25, 0.3) is 5.92 Å². The minimum Gasteiger partial charge on any atom is -0.450 e. The summed E-state index contributed by atoms with van der Waals surface area (Å²) in [7, 11) is 0. The van der Waals surface area contributed by atoms with Gasteiger partial charge in [-0.3, -0.25) is 4.98 Å². The number of nitrogens with zero attached hydrogens (tertiary/aromatic N) is 2. The van der Waals surface area contributed by atoms with Crippen molar-refractivity contribution in [3.63, 3.8) is 0 Å². The van der Waals surface area contributed by atoms with Crippen LogP contribution in [0.1, 0.15) is 34.7 Å². The van der Waals surface area contributed by atoms with Crippen LogP contribution in [0.4, 0.5) is 13.6 Å². The minimum absolute atomic E-state index is 0.315. The minimum atomic E-state index is -2.99. The van der Waals surface area contributed by atoms with Gasteiger partial charge in [0.15, 0.2) is 0 Å². The summed E-state index contributed by atoms with van der Waals surface area (Å²) in [6.45, 7) is 3.05. The molecule has 0 fully saturated rings. The first-order valence-electron chi connectivity index (χ1n) is 9.41. The molecule has 2 aromatic rings. The standard InChI is InChI=1S/C21H21BrF2N2O2/c1-2-28-19(27)26-10-7-14-5-6-15-12-20(23,24)21(22,16-4-3-9-25-13-16)18(15)17(14)8-11-26/h3-6,9,13H,2,7-8,10-12H2,1H3. The summed E-state index contributed by atoms with van der Waals surface area (Å²) in [4.78, 5) is 17.9. The summed E-state index contributed by atoms with van der Waals surface area (Å²) >= 11 is 3.45. The molecule has 1 aromatic carbocycles. The molecule has 1 atom stereocenters. The Morgan fingerprint density at radius 1 is 1.25 bits per heavy atom. The molecule has 1 aromatic heterocycles. The highest BCUT2D eigenvalue weighted by Crippen LogP contribution is 2.58. The van der Waals surface area contributed by atoms with Crippen LogP contribution in [0.3, 0.4) is 0 Å². The maximum absolute atomic E-state index is 15.3. The van der Waals surface area contributed by atoms with Crippen LogP contribution >= 0.6 is 15.9 Å². The van der Waals surface area contributed by atoms with E-state index in [0.29, 0.717) is 49.2 Å². The third-order valence-electron chi connectivity index (χ3n) is 5.63. The van der Waals surface area contributed by atoms with E-state index in [4.69, 9.17) is 4.74 Å². The topological polar surface area (TPSA) is 42.4 Å². The number of alkyl halides is 3. The van der Waals surface area contributed by atoms with Crippen molar-refractivity contribution in [2.24, 2.45) is 0 Å². The average molecular weight is 451 g/mol. The predicted molar refractivity (Wildman–Crippen MR) is 105 cm³/mol. The normalized spacial score (nSPS) is 22.9. The van der Waals surface area contributed by atoms with E-state index in [0.717, 1.165) is 11.1 Å². The maximum atomic E-state index is 15.3. The van der Waals surface area contributed by atoms with Gasteiger partial charge in [-0.25, -0.2) is 13.6 Å². The van der Waals surface area contributed by atoms with E-state index < -0.39 is 10.2 Å². The molecule has 1 aliphatic heterocycles. The van der Waals surface area contributed by atoms with E-state index in [1.165, 1.54) is 6.20 Å². The fraction of sp³-hybridized carbons (Fsp3) is 0.429. The highest BCUT2D eigenvalue weighted by Gasteiger charge is 2.61. The molecule has 1 aliphatic carbocycles. The van der Waals surface area contributed by atoms with Crippen LogP contribution in [0, 0.1) is 0 Å². The second-order valence-corrected chi connectivity index (χ2v) is 8.39. The molecule has 0 spiro atoms. The number of benzene rings is 1. The van der Waals surface area contributed by atoms with Gasteiger partial charge in [-0.2, -0.15) is 0 Å². The van der Waals surface area contributed by atoms with E-state index in [1.807, 2.05) is 12.1 Å². The Morgan fingerprint density at radius 3 is 2.71 bits per heavy atom. The van der Waals surface area contributed by atoms with Crippen molar-refractivity contribution >= 4 is 22.0 Å². The van der Waals surface area contributed by atoms with Crippen molar-refractivity contribution in [1.82, 2.24) is 9.88 Å². The van der Waals surface area contributed by atoms with E-state index in [1.54, 1.807) is 30.2 Å². The van der Waals surface area contributed by atoms with Gasteiger partial charge >= 0.3 is 6.09 Å². The Kier molecular flexibility index (Phi) is 4.89. The van der Waals surface area contributed by atoms with Gasteiger partial charge in [-0.05, 0) is 53.6 Å². The first-order chi connectivity index (χ1) is 13.4. The molecule has 0 saturated heterocycles. The molecule has 4 rings (SSSR count). The van der Waals surface area contributed by atoms with Crippen molar-refractivity contribution < 1.29 is 18.3 Å². The van der Waals surface area contributed by atoms with Crippen LogP contribution in [-0.4, -0.2) is 41.6 Å². The summed E-state index contributed by atoms with van der Waals surface area (Å²) < 4.78 is 34.1. The number of halogens is 3. The van der Waals surface area contributed by atoms with Gasteiger partial charge in [0.1, 0.15) is 4.32 Å². The van der Waals surface area contributed by atoms with E-state index >= 15 is 8.78 Å². The van der Waals surface area contributed by atoms with Crippen molar-refractivity contribution in [2.45, 2.75) is 36.4 Å². The molecular formula is C21H21BrF2N2O2. The molecule has 7 heteroatoms. The SMILES string of the molecule is CCOC(=O)N1CCc2ccc3c(c2CC1)C(Br)(c1cccnc1)C(F)(F)C3. The van der Waals surface area contributed by atoms with Gasteiger partial charge in [0.2, 0.25) is 0 Å². The predicted octanol–water partition coefficient (Wildman–Crippen LogP) is 4.47. The number of rotatable bonds is 2. The molecule has 2 aliphatic rings. The zero-order chi connectivity index (χ0) is 19.9. The number of carbonyl (C=O) groups excluding carboxylic acids is 1. The van der Waals surface area contributed by atoms with Crippen LogP contribution in [0.15, 0.2) is 36.7 Å². The number of aromatic nitrogens is 1. The molecular weight excluding hydrogens is 430 g/mol. The molecule has 0 radical (unpaired) electrons. The summed E-state index contributed by atoms with van der Waals surface area (Å²) in [5.74, 6) is -2.99. The molecule has 1 unspecified atom stereocenters. The van der Waals surface area contributed by atoms with Crippen LogP contribution in [-0.2, 0) is 28.3 Å². The zero-order valence-electron chi connectivity index (χ0n) is 15.6. The summed E-state index contributed by atoms with van der Waals surface area (Å²) in [5, 5.41) is 0. The average Bonchev–Trinajstić information content (AvgIpc) is 2.81. The number of hydrogen-bond acceptors (Lipinski definition) is 3. The van der Waals surface area contributed by atoms with E-state index in [9.17, 15) is 4.79 Å². The molecule has 0 bridgehead atoms. The molecule has 0 N–H and O–H groups in total. The molecule has 4 nitrogen and oxygen atoms in total. The Hall–Kier alpha value is -2.02. The monoisotopic (exact) mass is 450 g/mol. The molecule has 1 amide bonds. The van der Waals surface area contributed by atoms with E-state index in [2.05, 4.69) is 20.9 Å². The number of fused-ring (bicyclic) bond motifs is 3. The lowest BCUT2D eigenvalue weighted by molar-refractivity contribution is -0.0138. The summed E-state index contributed by atoms with van der Waals surface area (Å²) in [6.07, 6.45) is 3.53. The van der Waals surface area contributed by atoms with Crippen LogP contribution in [0.5, 0.6) is 0 Å². The summed E-state index contributed by atoms with van der Waals surface area (Å²) in [6, 6.07) is 7.10. The lowest BCUT2D eigenvalue weighted by Gasteiger charge is -2.32. The smallest absolute Gasteiger partial charge is 0.409 e. The maximum Gasteiger partial charge on any atom is 0.409 e. The van der Waals surface area contributed by atoms with Gasteiger partial charge in [0.05, 0.1) is 6.61 Å². The first kappa shape index (κ1) is 19.3. The number of amides is 1. The number of pyridine rings is 1. The van der Waals surface area contributed by atoms with Crippen LogP contribution in [0.25, 0.3) is 0 Å². The molecule has 0 saturated carbocycles. The van der Waals surface area contributed by atoms with Gasteiger partial charge in [0, 0.05) is 31.9 Å². The Bertz CT molecular complexity index is 907. The third kappa shape index (κ3) is 2.91. The van der Waals surface area contributed by atoms with Gasteiger partial charge in [-0.1, -0.05) is 34.1 Å². The van der Waals surface area contributed by atoms with Crippen molar-refractivity contribution in [3.8, 4) is 0 Å². The molecule has 28 heavy (non-hydrogen) atoms. The van der Waals surface area contributed by atoms with Gasteiger partial charge < -0.3 is 9.64 Å². The zero-order valence-corrected chi connectivity index (χ0v) is 17.1. The second-order valence-electron chi connectivity index (χ2n) is 7.20. The summed E-state index contributed by atoms with van der Waals surface area (Å²) in [5.41, 5.74) is 3.64. The Labute approximate surface area is 171 Å². The third-order valence-corrected chi connectivity index (χ3v) is 7.06. The van der Waals surface area contributed by atoms with Crippen LogP contribution in [0.2, 0.25) is 0 Å². The van der Waals surface area contributed by atoms with E-state index in [-0.39, 0.29) is 12.5 Å².